The summed E-state index contributed by atoms with van der Waals surface area (Å²) in [7, 11) is 1.57. The van der Waals surface area contributed by atoms with Crippen LogP contribution >= 0.6 is 0 Å². The van der Waals surface area contributed by atoms with Crippen LogP contribution in [0.5, 0.6) is 5.75 Å². The van der Waals surface area contributed by atoms with Gasteiger partial charge >= 0.3 is 0 Å². The maximum absolute atomic E-state index is 12.0. The highest BCUT2D eigenvalue weighted by Crippen LogP contribution is 2.24. The van der Waals surface area contributed by atoms with Crippen LogP contribution in [-0.4, -0.2) is 48.8 Å². The summed E-state index contributed by atoms with van der Waals surface area (Å²) in [6.07, 6.45) is 0.602. The van der Waals surface area contributed by atoms with Crippen molar-refractivity contribution in [2.45, 2.75) is 19.4 Å². The predicted molar refractivity (Wildman–Crippen MR) is 82.3 cm³/mol. The molecule has 1 heterocycles. The van der Waals surface area contributed by atoms with Crippen LogP contribution in [-0.2, 0) is 4.79 Å². The Morgan fingerprint density at radius 3 is 2.95 bits per heavy atom. The Bertz CT molecular complexity index is 505. The van der Waals surface area contributed by atoms with Gasteiger partial charge in [-0.1, -0.05) is 0 Å². The van der Waals surface area contributed by atoms with Gasteiger partial charge in [-0.25, -0.2) is 0 Å². The summed E-state index contributed by atoms with van der Waals surface area (Å²) in [6, 6.07) is 5.16. The lowest BCUT2D eigenvalue weighted by molar-refractivity contribution is -0.117. The number of nitrogens with one attached hydrogen (secondary N) is 1. The second kappa shape index (κ2) is 6.78. The second-order valence-electron chi connectivity index (χ2n) is 5.53. The molecule has 1 aliphatic heterocycles. The molecule has 0 spiro atoms. The summed E-state index contributed by atoms with van der Waals surface area (Å²) in [5, 5.41) is 12.4. The van der Waals surface area contributed by atoms with Crippen molar-refractivity contribution in [3.63, 3.8) is 0 Å². The zero-order valence-corrected chi connectivity index (χ0v) is 12.5. The fourth-order valence-electron chi connectivity index (χ4n) is 2.57. The topological polar surface area (TPSA) is 87.8 Å². The zero-order chi connectivity index (χ0) is 15.4. The van der Waals surface area contributed by atoms with Crippen LogP contribution in [0.2, 0.25) is 0 Å². The van der Waals surface area contributed by atoms with Gasteiger partial charge in [0.1, 0.15) is 5.75 Å². The number of hydrogen-bond donors (Lipinski definition) is 3. The summed E-state index contributed by atoms with van der Waals surface area (Å²) < 4.78 is 5.07. The summed E-state index contributed by atoms with van der Waals surface area (Å²) in [5.74, 6) is 0.812. The Balaban J connectivity index is 1.88. The third kappa shape index (κ3) is 4.09. The number of anilines is 2. The van der Waals surface area contributed by atoms with Crippen LogP contribution in [0.1, 0.15) is 13.3 Å². The van der Waals surface area contributed by atoms with Gasteiger partial charge in [0, 0.05) is 12.6 Å². The second-order valence-corrected chi connectivity index (χ2v) is 5.53. The molecule has 0 radical (unpaired) electrons. The smallest absolute Gasteiger partial charge is 0.238 e. The summed E-state index contributed by atoms with van der Waals surface area (Å²) >= 11 is 0. The van der Waals surface area contributed by atoms with E-state index in [2.05, 4.69) is 5.32 Å². The van der Waals surface area contributed by atoms with Crippen LogP contribution in [0.15, 0.2) is 18.2 Å². The van der Waals surface area contributed by atoms with Crippen molar-refractivity contribution in [2.75, 3.05) is 37.8 Å². The lowest BCUT2D eigenvalue weighted by atomic mass is 10.0. The van der Waals surface area contributed by atoms with Crippen molar-refractivity contribution in [3.05, 3.63) is 18.2 Å². The molecule has 1 aromatic carbocycles. The van der Waals surface area contributed by atoms with Crippen molar-refractivity contribution < 1.29 is 14.6 Å². The van der Waals surface area contributed by atoms with E-state index in [-0.39, 0.29) is 17.9 Å². The molecule has 1 saturated heterocycles. The molecular weight excluding hydrogens is 270 g/mol. The number of methoxy groups -OCH3 is 1. The van der Waals surface area contributed by atoms with Gasteiger partial charge < -0.3 is 20.9 Å². The SMILES string of the molecule is COc1ccc(NC(=O)CN2CCC(C(C)O)C2)c(N)c1. The Kier molecular flexibility index (Phi) is 5.03. The van der Waals surface area contributed by atoms with E-state index in [1.807, 2.05) is 4.90 Å². The number of carbonyl (C=O) groups is 1. The van der Waals surface area contributed by atoms with Crippen molar-refractivity contribution in [3.8, 4) is 5.75 Å². The first-order chi connectivity index (χ1) is 9.99. The van der Waals surface area contributed by atoms with Gasteiger partial charge in [0.15, 0.2) is 0 Å². The summed E-state index contributed by atoms with van der Waals surface area (Å²) in [6.45, 7) is 3.70. The average molecular weight is 293 g/mol. The van der Waals surface area contributed by atoms with Gasteiger partial charge in [0.25, 0.3) is 0 Å². The van der Waals surface area contributed by atoms with Crippen LogP contribution in [0.3, 0.4) is 0 Å². The van der Waals surface area contributed by atoms with Crippen molar-refractivity contribution in [1.82, 2.24) is 4.90 Å². The highest BCUT2D eigenvalue weighted by Gasteiger charge is 2.27. The van der Waals surface area contributed by atoms with Gasteiger partial charge in [0.2, 0.25) is 5.91 Å². The number of ether oxygens (including phenoxy) is 1. The molecule has 0 aromatic heterocycles. The van der Waals surface area contributed by atoms with Crippen LogP contribution in [0.25, 0.3) is 0 Å². The van der Waals surface area contributed by atoms with Crippen LogP contribution in [0, 0.1) is 5.92 Å². The van der Waals surface area contributed by atoms with Gasteiger partial charge in [0.05, 0.1) is 31.1 Å². The van der Waals surface area contributed by atoms with Gasteiger partial charge in [-0.15, -0.1) is 0 Å². The fraction of sp³-hybridized carbons (Fsp3) is 0.533. The van der Waals surface area contributed by atoms with E-state index in [4.69, 9.17) is 10.5 Å². The number of nitrogens with zero attached hydrogens (tertiary/aromatic N) is 1. The maximum Gasteiger partial charge on any atom is 0.238 e. The Morgan fingerprint density at radius 1 is 1.62 bits per heavy atom. The normalized spacial score (nSPS) is 20.2. The number of carbonyl (C=O) groups excluding carboxylic acids is 1. The minimum atomic E-state index is -0.324. The first-order valence-electron chi connectivity index (χ1n) is 7.13. The number of aliphatic hydroxyl groups is 1. The number of nitrogen functional groups attached to an aromatic ring is 1. The van der Waals surface area contributed by atoms with Crippen molar-refractivity contribution >= 4 is 17.3 Å². The lowest BCUT2D eigenvalue weighted by Gasteiger charge is -2.17. The number of likely N-dealkylation sites (tertiary alicyclic amines) is 1. The minimum Gasteiger partial charge on any atom is -0.497 e. The molecule has 1 aromatic rings. The van der Waals surface area contributed by atoms with Crippen LogP contribution < -0.4 is 15.8 Å². The number of aliphatic hydroxyl groups excluding tert-OH is 1. The molecule has 1 aliphatic rings. The first-order valence-corrected chi connectivity index (χ1v) is 7.13. The molecule has 0 aliphatic carbocycles. The Labute approximate surface area is 124 Å². The first kappa shape index (κ1) is 15.6. The lowest BCUT2D eigenvalue weighted by Crippen LogP contribution is -2.32. The van der Waals surface area contributed by atoms with E-state index in [1.54, 1.807) is 32.2 Å². The Morgan fingerprint density at radius 2 is 2.38 bits per heavy atom. The molecule has 6 nitrogen and oxygen atoms in total. The van der Waals surface area contributed by atoms with E-state index in [1.165, 1.54) is 0 Å². The van der Waals surface area contributed by atoms with E-state index in [0.29, 0.717) is 23.7 Å². The molecule has 1 fully saturated rings. The maximum atomic E-state index is 12.0. The van der Waals surface area contributed by atoms with E-state index >= 15 is 0 Å². The summed E-state index contributed by atoms with van der Waals surface area (Å²) in [4.78, 5) is 14.1. The fourth-order valence-corrected chi connectivity index (χ4v) is 2.57. The van der Waals surface area contributed by atoms with Gasteiger partial charge in [-0.3, -0.25) is 9.69 Å². The Hall–Kier alpha value is -1.79. The van der Waals surface area contributed by atoms with E-state index in [9.17, 15) is 9.90 Å². The van der Waals surface area contributed by atoms with E-state index < -0.39 is 0 Å². The van der Waals surface area contributed by atoms with Gasteiger partial charge in [-0.2, -0.15) is 0 Å². The molecule has 6 heteroatoms. The minimum absolute atomic E-state index is 0.0990. The molecule has 2 rings (SSSR count). The van der Waals surface area contributed by atoms with Gasteiger partial charge in [-0.05, 0) is 37.9 Å². The number of nitrogens with two attached hydrogens (primary N) is 1. The number of amides is 1. The standard InChI is InChI=1S/C15H23N3O3/c1-10(19)11-5-6-18(8-11)9-15(20)17-14-4-3-12(21-2)7-13(14)16/h3-4,7,10-11,19H,5-6,8-9,16H2,1-2H3,(H,17,20). The highest BCUT2D eigenvalue weighted by molar-refractivity contribution is 5.95. The molecule has 116 valence electrons. The quantitative estimate of drug-likeness (QED) is 0.703. The van der Waals surface area contributed by atoms with Crippen LogP contribution in [0.4, 0.5) is 11.4 Å². The largest absolute Gasteiger partial charge is 0.497 e. The molecule has 1 amide bonds. The predicted octanol–water partition coefficient (Wildman–Crippen LogP) is 0.919. The number of rotatable bonds is 5. The molecule has 4 N–H and O–H groups in total. The molecule has 0 bridgehead atoms. The molecule has 21 heavy (non-hydrogen) atoms. The number of benzene rings is 1. The monoisotopic (exact) mass is 293 g/mol. The molecule has 2 atom stereocenters. The third-order valence-electron chi connectivity index (χ3n) is 3.89. The zero-order valence-electron chi connectivity index (χ0n) is 12.5. The summed E-state index contributed by atoms with van der Waals surface area (Å²) in [5.41, 5.74) is 6.94. The average Bonchev–Trinajstić information content (AvgIpc) is 2.89. The van der Waals surface area contributed by atoms with Crippen molar-refractivity contribution in [1.29, 1.82) is 0 Å². The molecule has 0 saturated carbocycles. The molecular formula is C15H23N3O3. The van der Waals surface area contributed by atoms with Crippen molar-refractivity contribution in [2.24, 2.45) is 5.92 Å². The molecule has 2 unspecified atom stereocenters. The highest BCUT2D eigenvalue weighted by atomic mass is 16.5. The van der Waals surface area contributed by atoms with E-state index in [0.717, 1.165) is 19.5 Å². The number of hydrogen-bond acceptors (Lipinski definition) is 5. The third-order valence-corrected chi connectivity index (χ3v) is 3.89.